The van der Waals surface area contributed by atoms with E-state index in [-0.39, 0.29) is 24.3 Å². The topological polar surface area (TPSA) is 75.9 Å². The number of halogens is 1. The Labute approximate surface area is 144 Å². The van der Waals surface area contributed by atoms with Crippen LogP contribution in [0.1, 0.15) is 16.8 Å². The van der Waals surface area contributed by atoms with Gasteiger partial charge in [0.25, 0.3) is 5.91 Å². The number of rotatable bonds is 5. The molecule has 2 amide bonds. The van der Waals surface area contributed by atoms with Gasteiger partial charge >= 0.3 is 0 Å². The van der Waals surface area contributed by atoms with E-state index in [1.54, 1.807) is 29.0 Å². The second kappa shape index (κ2) is 8.42. The van der Waals surface area contributed by atoms with Gasteiger partial charge in [0.15, 0.2) is 0 Å². The molecule has 1 aliphatic rings. The first-order valence-corrected chi connectivity index (χ1v) is 8.40. The lowest BCUT2D eigenvalue weighted by atomic mass is 10.1. The molecule has 7 heteroatoms. The van der Waals surface area contributed by atoms with Crippen LogP contribution in [0.5, 0.6) is 0 Å². The minimum absolute atomic E-state index is 0.00123. The zero-order valence-electron chi connectivity index (χ0n) is 13.2. The smallest absolute Gasteiger partial charge is 0.253 e. The molecule has 0 radical (unpaired) electrons. The highest BCUT2D eigenvalue weighted by atomic mass is 79.9. The van der Waals surface area contributed by atoms with Crippen molar-refractivity contribution < 1.29 is 14.3 Å². The molecule has 0 aromatic heterocycles. The standard InChI is InChI=1S/C16H22BrN3O3/c1-23-14(11-18)10-15(21)19-6-8-20(9-7-19)16(22)12-2-4-13(17)5-3-12/h2-5,14H,6-11,18H2,1H3. The third-order valence-corrected chi connectivity index (χ3v) is 4.54. The Bertz CT molecular complexity index is 538. The van der Waals surface area contributed by atoms with Gasteiger partial charge in [0, 0.05) is 49.9 Å². The van der Waals surface area contributed by atoms with Crippen molar-refractivity contribution in [1.82, 2.24) is 9.80 Å². The normalized spacial score (nSPS) is 16.3. The van der Waals surface area contributed by atoms with E-state index < -0.39 is 0 Å². The van der Waals surface area contributed by atoms with Gasteiger partial charge in [0.05, 0.1) is 12.5 Å². The summed E-state index contributed by atoms with van der Waals surface area (Å²) in [6, 6.07) is 7.30. The zero-order valence-corrected chi connectivity index (χ0v) is 14.8. The summed E-state index contributed by atoms with van der Waals surface area (Å²) in [4.78, 5) is 28.2. The van der Waals surface area contributed by atoms with Gasteiger partial charge in [-0.2, -0.15) is 0 Å². The van der Waals surface area contributed by atoms with Crippen molar-refractivity contribution in [3.8, 4) is 0 Å². The van der Waals surface area contributed by atoms with E-state index in [2.05, 4.69) is 15.9 Å². The molecule has 2 N–H and O–H groups in total. The van der Waals surface area contributed by atoms with Gasteiger partial charge in [-0.1, -0.05) is 15.9 Å². The maximum absolute atomic E-state index is 12.4. The number of carbonyl (C=O) groups excluding carboxylic acids is 2. The second-order valence-corrected chi connectivity index (χ2v) is 6.39. The number of hydrogen-bond acceptors (Lipinski definition) is 4. The molecule has 1 aromatic rings. The van der Waals surface area contributed by atoms with E-state index in [1.165, 1.54) is 0 Å². The summed E-state index contributed by atoms with van der Waals surface area (Å²) in [5, 5.41) is 0. The molecule has 1 saturated heterocycles. The van der Waals surface area contributed by atoms with Crippen LogP contribution in [-0.4, -0.2) is 67.6 Å². The second-order valence-electron chi connectivity index (χ2n) is 5.48. The molecule has 1 fully saturated rings. The number of benzene rings is 1. The van der Waals surface area contributed by atoms with Crippen molar-refractivity contribution in [3.05, 3.63) is 34.3 Å². The molecule has 0 aliphatic carbocycles. The quantitative estimate of drug-likeness (QED) is 0.825. The van der Waals surface area contributed by atoms with Crippen LogP contribution in [-0.2, 0) is 9.53 Å². The van der Waals surface area contributed by atoms with Crippen LogP contribution < -0.4 is 5.73 Å². The Morgan fingerprint density at radius 2 is 1.74 bits per heavy atom. The summed E-state index contributed by atoms with van der Waals surface area (Å²) in [5.41, 5.74) is 6.21. The average molecular weight is 384 g/mol. The average Bonchev–Trinajstić information content (AvgIpc) is 2.59. The number of hydrogen-bond donors (Lipinski definition) is 1. The van der Waals surface area contributed by atoms with Gasteiger partial charge in [-0.25, -0.2) is 0 Å². The van der Waals surface area contributed by atoms with Gasteiger partial charge in [-0.3, -0.25) is 9.59 Å². The van der Waals surface area contributed by atoms with E-state index in [4.69, 9.17) is 10.5 Å². The summed E-state index contributed by atoms with van der Waals surface area (Å²) >= 11 is 3.36. The monoisotopic (exact) mass is 383 g/mol. The number of nitrogens with two attached hydrogens (primary N) is 1. The largest absolute Gasteiger partial charge is 0.380 e. The highest BCUT2D eigenvalue weighted by molar-refractivity contribution is 9.10. The lowest BCUT2D eigenvalue weighted by molar-refractivity contribution is -0.135. The van der Waals surface area contributed by atoms with E-state index in [0.29, 0.717) is 38.3 Å². The molecule has 0 saturated carbocycles. The van der Waals surface area contributed by atoms with E-state index in [9.17, 15) is 9.59 Å². The SMILES string of the molecule is COC(CN)CC(=O)N1CCN(C(=O)c2ccc(Br)cc2)CC1. The van der Waals surface area contributed by atoms with E-state index >= 15 is 0 Å². The molecule has 1 aliphatic heterocycles. The van der Waals surface area contributed by atoms with Gasteiger partial charge in [0.2, 0.25) is 5.91 Å². The van der Waals surface area contributed by atoms with Gasteiger partial charge < -0.3 is 20.3 Å². The molecule has 2 rings (SSSR count). The van der Waals surface area contributed by atoms with Crippen molar-refractivity contribution >= 4 is 27.7 Å². The molecule has 1 atom stereocenters. The Hall–Kier alpha value is -1.44. The Kier molecular flexibility index (Phi) is 6.56. The van der Waals surface area contributed by atoms with Crippen LogP contribution in [0.4, 0.5) is 0 Å². The highest BCUT2D eigenvalue weighted by Gasteiger charge is 2.26. The lowest BCUT2D eigenvalue weighted by Gasteiger charge is -2.35. The van der Waals surface area contributed by atoms with Crippen molar-refractivity contribution in [2.24, 2.45) is 5.73 Å². The number of piperazine rings is 1. The maximum Gasteiger partial charge on any atom is 0.253 e. The number of methoxy groups -OCH3 is 1. The predicted molar refractivity (Wildman–Crippen MR) is 91.1 cm³/mol. The molecule has 6 nitrogen and oxygen atoms in total. The molecule has 23 heavy (non-hydrogen) atoms. The lowest BCUT2D eigenvalue weighted by Crippen LogP contribution is -2.51. The molecule has 1 unspecified atom stereocenters. The van der Waals surface area contributed by atoms with E-state index in [0.717, 1.165) is 4.47 Å². The van der Waals surface area contributed by atoms with Gasteiger partial charge in [0.1, 0.15) is 0 Å². The number of nitrogens with zero attached hydrogens (tertiary/aromatic N) is 2. The molecular weight excluding hydrogens is 362 g/mol. The van der Waals surface area contributed by atoms with Crippen LogP contribution in [0.2, 0.25) is 0 Å². The molecule has 1 heterocycles. The van der Waals surface area contributed by atoms with Crippen molar-refractivity contribution in [2.75, 3.05) is 39.8 Å². The maximum atomic E-state index is 12.4. The fraction of sp³-hybridized carbons (Fsp3) is 0.500. The first-order chi connectivity index (χ1) is 11.0. The van der Waals surface area contributed by atoms with Crippen LogP contribution in [0.3, 0.4) is 0 Å². The first-order valence-electron chi connectivity index (χ1n) is 7.60. The predicted octanol–water partition coefficient (Wildman–Crippen LogP) is 1.10. The Balaban J connectivity index is 1.87. The third-order valence-electron chi connectivity index (χ3n) is 4.01. The van der Waals surface area contributed by atoms with Crippen molar-refractivity contribution in [2.45, 2.75) is 12.5 Å². The summed E-state index contributed by atoms with van der Waals surface area (Å²) in [5.74, 6) is 0.0272. The molecule has 0 bridgehead atoms. The molecule has 1 aromatic carbocycles. The number of amides is 2. The fourth-order valence-corrected chi connectivity index (χ4v) is 2.79. The Morgan fingerprint density at radius 3 is 2.26 bits per heavy atom. The highest BCUT2D eigenvalue weighted by Crippen LogP contribution is 2.14. The van der Waals surface area contributed by atoms with Gasteiger partial charge in [-0.05, 0) is 24.3 Å². The minimum Gasteiger partial charge on any atom is -0.380 e. The van der Waals surface area contributed by atoms with Crippen LogP contribution in [0.15, 0.2) is 28.7 Å². The molecular formula is C16H22BrN3O3. The van der Waals surface area contributed by atoms with Crippen molar-refractivity contribution in [3.63, 3.8) is 0 Å². The Morgan fingerprint density at radius 1 is 1.17 bits per heavy atom. The summed E-state index contributed by atoms with van der Waals surface area (Å²) in [7, 11) is 1.56. The third kappa shape index (κ3) is 4.76. The zero-order chi connectivity index (χ0) is 16.8. The van der Waals surface area contributed by atoms with E-state index in [1.807, 2.05) is 12.1 Å². The van der Waals surface area contributed by atoms with Crippen LogP contribution in [0, 0.1) is 0 Å². The first kappa shape index (κ1) is 17.9. The minimum atomic E-state index is -0.245. The van der Waals surface area contributed by atoms with Gasteiger partial charge in [-0.15, -0.1) is 0 Å². The van der Waals surface area contributed by atoms with Crippen LogP contribution >= 0.6 is 15.9 Å². The summed E-state index contributed by atoms with van der Waals surface area (Å²) < 4.78 is 6.09. The number of ether oxygens (including phenoxy) is 1. The molecule has 126 valence electrons. The summed E-state index contributed by atoms with van der Waals surface area (Å²) in [6.07, 6.45) is 0.0399. The number of carbonyl (C=O) groups is 2. The van der Waals surface area contributed by atoms with Crippen LogP contribution in [0.25, 0.3) is 0 Å². The molecule has 0 spiro atoms. The fourth-order valence-electron chi connectivity index (χ4n) is 2.52. The van der Waals surface area contributed by atoms with Crippen molar-refractivity contribution in [1.29, 1.82) is 0 Å². The summed E-state index contributed by atoms with van der Waals surface area (Å²) in [6.45, 7) is 2.50.